The number of ether oxygens (including phenoxy) is 2. The summed E-state index contributed by atoms with van der Waals surface area (Å²) in [4.78, 5) is 52.6. The maximum Gasteiger partial charge on any atom is 0.338 e. The average Bonchev–Trinajstić information content (AvgIpc) is 3.48. The molecule has 5 fully saturated rings. The highest BCUT2D eigenvalue weighted by Crippen LogP contribution is 2.59. The lowest BCUT2D eigenvalue weighted by molar-refractivity contribution is -0.160. The molecule has 0 bridgehead atoms. The van der Waals surface area contributed by atoms with E-state index in [1.165, 1.54) is 0 Å². The summed E-state index contributed by atoms with van der Waals surface area (Å²) in [5.74, 6) is -0.277. The molecular formula is C30H40O7. The summed E-state index contributed by atoms with van der Waals surface area (Å²) in [5, 5.41) is 11.9. The van der Waals surface area contributed by atoms with Crippen LogP contribution in [0.4, 0.5) is 0 Å². The van der Waals surface area contributed by atoms with Gasteiger partial charge in [-0.1, -0.05) is 13.8 Å². The van der Waals surface area contributed by atoms with Crippen LogP contribution in [0.2, 0.25) is 0 Å². The van der Waals surface area contributed by atoms with Gasteiger partial charge in [0.1, 0.15) is 23.8 Å². The van der Waals surface area contributed by atoms with Gasteiger partial charge in [-0.25, -0.2) is 9.59 Å². The van der Waals surface area contributed by atoms with Crippen LogP contribution >= 0.6 is 0 Å². The smallest absolute Gasteiger partial charge is 0.338 e. The summed E-state index contributed by atoms with van der Waals surface area (Å²) >= 11 is 0. The highest BCUT2D eigenvalue weighted by atomic mass is 16.6. The van der Waals surface area contributed by atoms with E-state index in [0.29, 0.717) is 43.1 Å². The first kappa shape index (κ1) is 25.3. The van der Waals surface area contributed by atoms with Crippen LogP contribution in [0.3, 0.4) is 0 Å². The first-order valence-corrected chi connectivity index (χ1v) is 14.4. The standard InChI is InChI=1S/C30H40O7/c1-15-5-7-17-18(26(33)36-24(17)28(3)19(15)9-11-22(28)31)13-14-30(35)21-8-6-16(2)20-10-12-23(32)29(20,4)25(21)37-27(30)34/h15-16,19-21,24-25,35H,5-14H2,1-4H3/t15-,16-,19-,20-,21?,24+,25+,28-,29-,30?/m0/s1. The van der Waals surface area contributed by atoms with Crippen LogP contribution in [-0.4, -0.2) is 46.4 Å². The lowest BCUT2D eigenvalue weighted by atomic mass is 9.66. The van der Waals surface area contributed by atoms with Gasteiger partial charge in [0, 0.05) is 24.3 Å². The van der Waals surface area contributed by atoms with Crippen molar-refractivity contribution in [3.8, 4) is 0 Å². The number of aliphatic hydroxyl groups is 1. The van der Waals surface area contributed by atoms with E-state index in [1.807, 2.05) is 13.8 Å². The molecule has 37 heavy (non-hydrogen) atoms. The van der Waals surface area contributed by atoms with Crippen LogP contribution in [0, 0.1) is 40.4 Å². The number of Topliss-reactive ketones (excluding diaryl/α,β-unsaturated/α-hetero) is 2. The number of hydrogen-bond donors (Lipinski definition) is 1. The maximum absolute atomic E-state index is 13.2. The van der Waals surface area contributed by atoms with Crippen molar-refractivity contribution in [2.75, 3.05) is 0 Å². The Balaban J connectivity index is 1.30. The predicted molar refractivity (Wildman–Crippen MR) is 133 cm³/mol. The Labute approximate surface area is 218 Å². The first-order valence-electron chi connectivity index (χ1n) is 14.4. The minimum absolute atomic E-state index is 0.0562. The van der Waals surface area contributed by atoms with E-state index in [-0.39, 0.29) is 36.2 Å². The second-order valence-corrected chi connectivity index (χ2v) is 13.4. The molecule has 0 aromatic carbocycles. The second-order valence-electron chi connectivity index (χ2n) is 13.4. The highest BCUT2D eigenvalue weighted by molar-refractivity contribution is 5.96. The molecule has 4 saturated carbocycles. The van der Waals surface area contributed by atoms with Gasteiger partial charge in [0.15, 0.2) is 5.60 Å². The fourth-order valence-electron chi connectivity index (χ4n) is 9.62. The molecule has 7 heteroatoms. The summed E-state index contributed by atoms with van der Waals surface area (Å²) in [5.41, 5.74) is -1.82. The number of ketones is 2. The zero-order chi connectivity index (χ0) is 26.5. The molecule has 4 aliphatic carbocycles. The average molecular weight is 513 g/mol. The highest BCUT2D eigenvalue weighted by Gasteiger charge is 2.67. The molecular weight excluding hydrogens is 472 g/mol. The summed E-state index contributed by atoms with van der Waals surface area (Å²) in [6, 6.07) is 0. The van der Waals surface area contributed by atoms with Gasteiger partial charge in [-0.2, -0.15) is 0 Å². The van der Waals surface area contributed by atoms with Crippen molar-refractivity contribution < 1.29 is 33.8 Å². The Kier molecular flexibility index (Phi) is 5.63. The van der Waals surface area contributed by atoms with Gasteiger partial charge in [0.25, 0.3) is 0 Å². The quantitative estimate of drug-likeness (QED) is 0.568. The molecule has 0 radical (unpaired) electrons. The molecule has 6 rings (SSSR count). The molecule has 0 amide bonds. The SMILES string of the molecule is C[C@H]1CCC2=C(CCC3(O)C(=O)O[C@@H]4C3CC[C@H](C)[C@@H]3CCC(=O)[C@@]43C)C(=O)O[C@H]2[C@]2(C)C(=O)CC[C@@H]12. The first-order chi connectivity index (χ1) is 17.4. The number of carbonyl (C=O) groups excluding carboxylic acids is 4. The van der Waals surface area contributed by atoms with Gasteiger partial charge in [0.05, 0.1) is 10.8 Å². The molecule has 2 unspecified atom stereocenters. The molecule has 0 aromatic rings. The van der Waals surface area contributed by atoms with E-state index >= 15 is 0 Å². The zero-order valence-electron chi connectivity index (χ0n) is 22.5. The van der Waals surface area contributed by atoms with E-state index < -0.39 is 46.5 Å². The van der Waals surface area contributed by atoms with Crippen LogP contribution in [0.1, 0.15) is 91.9 Å². The fraction of sp³-hybridized carbons (Fsp3) is 0.800. The predicted octanol–water partition coefficient (Wildman–Crippen LogP) is 4.09. The molecule has 10 atom stereocenters. The summed E-state index contributed by atoms with van der Waals surface area (Å²) < 4.78 is 11.8. The van der Waals surface area contributed by atoms with Gasteiger partial charge in [-0.3, -0.25) is 9.59 Å². The number of esters is 2. The molecule has 1 N–H and O–H groups in total. The number of hydrogen-bond acceptors (Lipinski definition) is 7. The van der Waals surface area contributed by atoms with E-state index in [4.69, 9.17) is 9.47 Å². The third-order valence-corrected chi connectivity index (χ3v) is 11.9. The van der Waals surface area contributed by atoms with Gasteiger partial charge in [-0.15, -0.1) is 0 Å². The zero-order valence-corrected chi connectivity index (χ0v) is 22.5. The summed E-state index contributed by atoms with van der Waals surface area (Å²) in [6.07, 6.45) is 4.73. The monoisotopic (exact) mass is 512 g/mol. The van der Waals surface area contributed by atoms with Crippen LogP contribution in [0.25, 0.3) is 0 Å². The summed E-state index contributed by atoms with van der Waals surface area (Å²) in [7, 11) is 0. The van der Waals surface area contributed by atoms with E-state index in [9.17, 15) is 24.3 Å². The molecule has 1 saturated heterocycles. The van der Waals surface area contributed by atoms with Gasteiger partial charge in [0.2, 0.25) is 0 Å². The Bertz CT molecular complexity index is 1110. The van der Waals surface area contributed by atoms with E-state index in [2.05, 4.69) is 13.8 Å². The number of rotatable bonds is 3. The van der Waals surface area contributed by atoms with Crippen LogP contribution in [0.5, 0.6) is 0 Å². The normalized spacial score (nSPS) is 49.2. The van der Waals surface area contributed by atoms with E-state index in [1.54, 1.807) is 0 Å². The topological polar surface area (TPSA) is 107 Å². The Morgan fingerprint density at radius 3 is 2.11 bits per heavy atom. The van der Waals surface area contributed by atoms with E-state index in [0.717, 1.165) is 31.3 Å². The molecule has 0 aromatic heterocycles. The van der Waals surface area contributed by atoms with Crippen LogP contribution in [0.15, 0.2) is 11.1 Å². The molecule has 202 valence electrons. The molecule has 2 aliphatic heterocycles. The van der Waals surface area contributed by atoms with Crippen molar-refractivity contribution >= 4 is 23.5 Å². The van der Waals surface area contributed by atoms with Crippen LogP contribution in [-0.2, 0) is 28.7 Å². The number of fused-ring (bicyclic) bond motifs is 6. The van der Waals surface area contributed by atoms with Crippen molar-refractivity contribution in [1.82, 2.24) is 0 Å². The minimum atomic E-state index is -1.75. The maximum atomic E-state index is 13.2. The largest absolute Gasteiger partial charge is 0.459 e. The lowest BCUT2D eigenvalue weighted by Gasteiger charge is -2.37. The Hall–Kier alpha value is -2.02. The third kappa shape index (κ3) is 3.21. The second kappa shape index (κ2) is 8.24. The van der Waals surface area contributed by atoms with Crippen molar-refractivity contribution in [1.29, 1.82) is 0 Å². The van der Waals surface area contributed by atoms with Gasteiger partial charge in [-0.05, 0) is 94.5 Å². The molecule has 6 aliphatic rings. The van der Waals surface area contributed by atoms with Crippen molar-refractivity contribution in [2.45, 2.75) is 110 Å². The van der Waals surface area contributed by atoms with Crippen molar-refractivity contribution in [3.05, 3.63) is 11.1 Å². The minimum Gasteiger partial charge on any atom is -0.459 e. The summed E-state index contributed by atoms with van der Waals surface area (Å²) in [6.45, 7) is 8.24. The lowest BCUT2D eigenvalue weighted by Crippen LogP contribution is -2.48. The third-order valence-electron chi connectivity index (χ3n) is 11.9. The Morgan fingerprint density at radius 1 is 0.784 bits per heavy atom. The van der Waals surface area contributed by atoms with Crippen molar-refractivity contribution in [2.24, 2.45) is 40.4 Å². The Morgan fingerprint density at radius 2 is 1.41 bits per heavy atom. The molecule has 2 heterocycles. The van der Waals surface area contributed by atoms with Gasteiger partial charge < -0.3 is 14.6 Å². The van der Waals surface area contributed by atoms with Gasteiger partial charge >= 0.3 is 11.9 Å². The van der Waals surface area contributed by atoms with Crippen LogP contribution < -0.4 is 0 Å². The van der Waals surface area contributed by atoms with Crippen molar-refractivity contribution in [3.63, 3.8) is 0 Å². The molecule has 0 spiro atoms. The number of carbonyl (C=O) groups is 4. The fourth-order valence-corrected chi connectivity index (χ4v) is 9.62. The molecule has 7 nitrogen and oxygen atoms in total.